The van der Waals surface area contributed by atoms with Crippen molar-refractivity contribution in [3.63, 3.8) is 0 Å². The molecule has 1 aliphatic rings. The summed E-state index contributed by atoms with van der Waals surface area (Å²) in [7, 11) is 0. The molecule has 0 bridgehead atoms. The summed E-state index contributed by atoms with van der Waals surface area (Å²) >= 11 is 1.65. The molecule has 0 spiro atoms. The average Bonchev–Trinajstić information content (AvgIpc) is 2.99. The molecule has 1 aliphatic carbocycles. The Hall–Kier alpha value is -1.79. The fourth-order valence-corrected chi connectivity index (χ4v) is 2.89. The molecule has 0 amide bonds. The van der Waals surface area contributed by atoms with Gasteiger partial charge in [-0.05, 0) is 36.3 Å². The van der Waals surface area contributed by atoms with Gasteiger partial charge in [-0.2, -0.15) is 4.98 Å². The largest absolute Gasteiger partial charge is 0.337 e. The molecule has 1 unspecified atom stereocenters. The molecule has 0 aliphatic heterocycles. The first-order valence-electron chi connectivity index (χ1n) is 6.24. The monoisotopic (exact) mass is 272 g/mol. The Kier molecular flexibility index (Phi) is 2.39. The van der Waals surface area contributed by atoms with E-state index >= 15 is 0 Å². The fraction of sp³-hybridized carbons (Fsp3) is 0.308. The van der Waals surface area contributed by atoms with Gasteiger partial charge in [-0.15, -0.1) is 11.3 Å². The topological polar surface area (TPSA) is 77.8 Å². The number of aromatic nitrogens is 3. The average molecular weight is 272 g/mol. The SMILES string of the molecule is NC(c1nc(-c2cnc3ccsc3c2)no1)C1CC1. The van der Waals surface area contributed by atoms with Crippen LogP contribution in [0.3, 0.4) is 0 Å². The zero-order chi connectivity index (χ0) is 12.8. The van der Waals surface area contributed by atoms with Crippen LogP contribution in [0.5, 0.6) is 0 Å². The molecule has 19 heavy (non-hydrogen) atoms. The maximum Gasteiger partial charge on any atom is 0.244 e. The minimum absolute atomic E-state index is 0.125. The lowest BCUT2D eigenvalue weighted by molar-refractivity contribution is 0.343. The summed E-state index contributed by atoms with van der Waals surface area (Å²) in [6.45, 7) is 0. The van der Waals surface area contributed by atoms with Crippen molar-refractivity contribution in [1.82, 2.24) is 15.1 Å². The summed E-state index contributed by atoms with van der Waals surface area (Å²) in [5.74, 6) is 1.60. The highest BCUT2D eigenvalue weighted by molar-refractivity contribution is 7.17. The molecule has 1 fully saturated rings. The van der Waals surface area contributed by atoms with Gasteiger partial charge in [-0.3, -0.25) is 4.98 Å². The zero-order valence-corrected chi connectivity index (χ0v) is 10.9. The highest BCUT2D eigenvalue weighted by Gasteiger charge is 2.33. The lowest BCUT2D eigenvalue weighted by Crippen LogP contribution is -2.12. The molecule has 3 heterocycles. The van der Waals surface area contributed by atoms with Crippen LogP contribution in [0.1, 0.15) is 24.8 Å². The summed E-state index contributed by atoms with van der Waals surface area (Å²) in [4.78, 5) is 8.77. The van der Waals surface area contributed by atoms with E-state index in [1.54, 1.807) is 17.5 Å². The van der Waals surface area contributed by atoms with E-state index in [1.807, 2.05) is 17.5 Å². The number of fused-ring (bicyclic) bond motifs is 1. The van der Waals surface area contributed by atoms with E-state index in [0.29, 0.717) is 17.6 Å². The Bertz CT molecular complexity index is 731. The number of pyridine rings is 1. The van der Waals surface area contributed by atoms with Gasteiger partial charge in [0.2, 0.25) is 11.7 Å². The van der Waals surface area contributed by atoms with E-state index in [4.69, 9.17) is 10.3 Å². The van der Waals surface area contributed by atoms with E-state index in [1.165, 1.54) is 0 Å². The van der Waals surface area contributed by atoms with E-state index in [2.05, 4.69) is 15.1 Å². The Morgan fingerprint density at radius 2 is 2.32 bits per heavy atom. The number of nitrogens with two attached hydrogens (primary N) is 1. The van der Waals surface area contributed by atoms with E-state index in [0.717, 1.165) is 28.6 Å². The van der Waals surface area contributed by atoms with Gasteiger partial charge in [0.1, 0.15) is 0 Å². The number of nitrogens with zero attached hydrogens (tertiary/aromatic N) is 3. The van der Waals surface area contributed by atoms with Crippen LogP contribution >= 0.6 is 11.3 Å². The molecule has 3 aromatic rings. The summed E-state index contributed by atoms with van der Waals surface area (Å²) in [6, 6.07) is 3.90. The lowest BCUT2D eigenvalue weighted by atomic mass is 10.2. The number of rotatable bonds is 3. The van der Waals surface area contributed by atoms with Gasteiger partial charge in [-0.1, -0.05) is 5.16 Å². The predicted molar refractivity (Wildman–Crippen MR) is 72.6 cm³/mol. The third kappa shape index (κ3) is 1.93. The molecule has 0 aromatic carbocycles. The van der Waals surface area contributed by atoms with Gasteiger partial charge in [0.15, 0.2) is 0 Å². The minimum Gasteiger partial charge on any atom is -0.337 e. The van der Waals surface area contributed by atoms with Gasteiger partial charge in [0, 0.05) is 11.8 Å². The van der Waals surface area contributed by atoms with E-state index in [9.17, 15) is 0 Å². The van der Waals surface area contributed by atoms with Crippen LogP contribution in [-0.4, -0.2) is 15.1 Å². The van der Waals surface area contributed by atoms with Crippen molar-refractivity contribution in [1.29, 1.82) is 0 Å². The number of thiophene rings is 1. The van der Waals surface area contributed by atoms with Gasteiger partial charge in [-0.25, -0.2) is 0 Å². The van der Waals surface area contributed by atoms with Gasteiger partial charge >= 0.3 is 0 Å². The van der Waals surface area contributed by atoms with Gasteiger partial charge in [0.05, 0.1) is 16.3 Å². The molecule has 0 saturated heterocycles. The van der Waals surface area contributed by atoms with Crippen molar-refractivity contribution in [2.45, 2.75) is 18.9 Å². The normalized spacial score (nSPS) is 16.9. The summed E-state index contributed by atoms with van der Waals surface area (Å²) in [5, 5.41) is 6.03. The van der Waals surface area contributed by atoms with Crippen LogP contribution < -0.4 is 5.73 Å². The fourth-order valence-electron chi connectivity index (χ4n) is 2.11. The first-order valence-corrected chi connectivity index (χ1v) is 7.12. The Labute approximate surface area is 113 Å². The maximum absolute atomic E-state index is 6.06. The van der Waals surface area contributed by atoms with Crippen molar-refractivity contribution in [3.8, 4) is 11.4 Å². The molecule has 4 rings (SSSR count). The smallest absolute Gasteiger partial charge is 0.244 e. The molecule has 1 atom stereocenters. The summed E-state index contributed by atoms with van der Waals surface area (Å²) in [6.07, 6.45) is 4.08. The van der Waals surface area contributed by atoms with Gasteiger partial charge in [0.25, 0.3) is 0 Å². The molecular formula is C13H12N4OS. The second kappa shape index (κ2) is 4.11. The standard InChI is InChI=1S/C13H12N4OS/c14-11(7-1-2-7)13-16-12(17-18-13)8-5-10-9(15-6-8)3-4-19-10/h3-7,11H,1-2,14H2. The van der Waals surface area contributed by atoms with Crippen LogP contribution in [0.25, 0.3) is 21.6 Å². The van der Waals surface area contributed by atoms with Crippen molar-refractivity contribution >= 4 is 21.6 Å². The third-order valence-electron chi connectivity index (χ3n) is 3.42. The minimum atomic E-state index is -0.125. The van der Waals surface area contributed by atoms with Gasteiger partial charge < -0.3 is 10.3 Å². The lowest BCUT2D eigenvalue weighted by Gasteiger charge is -2.01. The van der Waals surface area contributed by atoms with Crippen molar-refractivity contribution in [3.05, 3.63) is 29.6 Å². The molecule has 6 heteroatoms. The maximum atomic E-state index is 6.06. The second-order valence-electron chi connectivity index (χ2n) is 4.85. The van der Waals surface area contributed by atoms with Crippen LogP contribution in [0.4, 0.5) is 0 Å². The zero-order valence-electron chi connectivity index (χ0n) is 10.1. The molecule has 2 N–H and O–H groups in total. The Morgan fingerprint density at radius 1 is 1.42 bits per heavy atom. The van der Waals surface area contributed by atoms with Crippen molar-refractivity contribution in [2.75, 3.05) is 0 Å². The molecule has 0 radical (unpaired) electrons. The number of hydrogen-bond acceptors (Lipinski definition) is 6. The second-order valence-corrected chi connectivity index (χ2v) is 5.80. The molecule has 3 aromatic heterocycles. The Balaban J connectivity index is 1.70. The first-order chi connectivity index (χ1) is 9.31. The quantitative estimate of drug-likeness (QED) is 0.793. The molecule has 5 nitrogen and oxygen atoms in total. The highest BCUT2D eigenvalue weighted by atomic mass is 32.1. The van der Waals surface area contributed by atoms with Crippen LogP contribution in [0, 0.1) is 5.92 Å². The highest BCUT2D eigenvalue weighted by Crippen LogP contribution is 2.39. The number of hydrogen-bond donors (Lipinski definition) is 1. The summed E-state index contributed by atoms with van der Waals surface area (Å²) < 4.78 is 6.39. The summed E-state index contributed by atoms with van der Waals surface area (Å²) in [5.41, 5.74) is 7.92. The van der Waals surface area contributed by atoms with E-state index < -0.39 is 0 Å². The van der Waals surface area contributed by atoms with Crippen molar-refractivity contribution in [2.24, 2.45) is 11.7 Å². The Morgan fingerprint density at radius 3 is 3.16 bits per heavy atom. The van der Waals surface area contributed by atoms with Crippen LogP contribution in [0.2, 0.25) is 0 Å². The van der Waals surface area contributed by atoms with Crippen LogP contribution in [-0.2, 0) is 0 Å². The molecule has 1 saturated carbocycles. The first kappa shape index (κ1) is 11.1. The third-order valence-corrected chi connectivity index (χ3v) is 4.27. The van der Waals surface area contributed by atoms with Crippen LogP contribution in [0.15, 0.2) is 28.2 Å². The molecule has 96 valence electrons. The predicted octanol–water partition coefficient (Wildman–Crippen LogP) is 2.76. The molecular weight excluding hydrogens is 260 g/mol. The van der Waals surface area contributed by atoms with Crippen molar-refractivity contribution < 1.29 is 4.52 Å². The van der Waals surface area contributed by atoms with E-state index in [-0.39, 0.29) is 6.04 Å².